The van der Waals surface area contributed by atoms with Crippen LogP contribution in [0.2, 0.25) is 0 Å². The summed E-state index contributed by atoms with van der Waals surface area (Å²) in [7, 11) is -3.88. The number of anilines is 1. The highest BCUT2D eigenvalue weighted by Gasteiger charge is 2.26. The second-order valence-corrected chi connectivity index (χ2v) is 9.22. The van der Waals surface area contributed by atoms with Crippen molar-refractivity contribution >= 4 is 32.2 Å². The zero-order valence-corrected chi connectivity index (χ0v) is 18.7. The van der Waals surface area contributed by atoms with Crippen molar-refractivity contribution in [2.75, 3.05) is 11.9 Å². The summed E-state index contributed by atoms with van der Waals surface area (Å²) in [6.07, 6.45) is 0. The summed E-state index contributed by atoms with van der Waals surface area (Å²) in [6, 6.07) is 23.5. The van der Waals surface area contributed by atoms with Crippen molar-refractivity contribution in [2.24, 2.45) is 0 Å². The molecule has 9 heteroatoms. The first-order valence-electron chi connectivity index (χ1n) is 10.5. The first kappa shape index (κ1) is 20.9. The zero-order chi connectivity index (χ0) is 22.8. The quantitative estimate of drug-likeness (QED) is 0.391. The Balaban J connectivity index is 1.57. The van der Waals surface area contributed by atoms with Gasteiger partial charge in [-0.2, -0.15) is 4.52 Å². The molecule has 0 atom stereocenters. The minimum Gasteiger partial charge on any atom is -0.494 e. The Labute approximate surface area is 190 Å². The van der Waals surface area contributed by atoms with Gasteiger partial charge >= 0.3 is 0 Å². The normalized spacial score (nSPS) is 11.7. The summed E-state index contributed by atoms with van der Waals surface area (Å²) in [5.74, 6) is 1.37. The molecule has 166 valence electrons. The summed E-state index contributed by atoms with van der Waals surface area (Å²) >= 11 is 0. The molecule has 0 aliphatic carbocycles. The van der Waals surface area contributed by atoms with E-state index in [1.165, 1.54) is 16.6 Å². The maximum absolute atomic E-state index is 13.2. The number of nitrogens with zero attached hydrogens (tertiary/aromatic N) is 4. The third kappa shape index (κ3) is 3.87. The smallest absolute Gasteiger partial charge is 0.229 e. The maximum atomic E-state index is 13.2. The van der Waals surface area contributed by atoms with Gasteiger partial charge in [-0.1, -0.05) is 47.7 Å². The highest BCUT2D eigenvalue weighted by molar-refractivity contribution is 7.91. The molecule has 0 amide bonds. The molecule has 1 N–H and O–H groups in total. The van der Waals surface area contributed by atoms with Gasteiger partial charge in [0.25, 0.3) is 0 Å². The standard InChI is InChI=1S/C24H21N5O3S/c1-2-32-18-14-12-17(13-15-18)16-25-22-20-10-6-7-11-21(20)29-23(26-22)24(27-28-29)33(30,31)19-8-4-3-5-9-19/h3-15H,2,16H2,1H3,(H,25,26). The van der Waals surface area contributed by atoms with Gasteiger partial charge in [-0.3, -0.25) is 0 Å². The van der Waals surface area contributed by atoms with Gasteiger partial charge in [-0.25, -0.2) is 13.4 Å². The predicted octanol–water partition coefficient (Wildman–Crippen LogP) is 4.12. The van der Waals surface area contributed by atoms with Crippen LogP contribution in [0.1, 0.15) is 12.5 Å². The number of sulfone groups is 1. The molecule has 8 nitrogen and oxygen atoms in total. The molecule has 0 unspecified atom stereocenters. The molecule has 0 spiro atoms. The van der Waals surface area contributed by atoms with Gasteiger partial charge in [0.2, 0.25) is 14.9 Å². The van der Waals surface area contributed by atoms with Crippen LogP contribution in [0.4, 0.5) is 5.82 Å². The lowest BCUT2D eigenvalue weighted by atomic mass is 10.2. The highest BCUT2D eigenvalue weighted by Crippen LogP contribution is 2.28. The second-order valence-electron chi connectivity index (χ2n) is 7.35. The number of benzene rings is 3. The summed E-state index contributed by atoms with van der Waals surface area (Å²) < 4.78 is 33.4. The number of ether oxygens (including phenoxy) is 1. The number of hydrogen-bond donors (Lipinski definition) is 1. The Morgan fingerprint density at radius 2 is 1.67 bits per heavy atom. The molecule has 0 fully saturated rings. The SMILES string of the molecule is CCOc1ccc(CNc2nc3c(S(=O)(=O)c4ccccc4)nnn3c3ccccc23)cc1. The van der Waals surface area contributed by atoms with Gasteiger partial charge in [0.15, 0.2) is 5.65 Å². The lowest BCUT2D eigenvalue weighted by molar-refractivity contribution is 0.340. The molecule has 2 aromatic heterocycles. The fourth-order valence-corrected chi connectivity index (χ4v) is 4.88. The van der Waals surface area contributed by atoms with E-state index >= 15 is 0 Å². The van der Waals surface area contributed by atoms with Gasteiger partial charge in [-0.05, 0) is 48.9 Å². The number of hydrogen-bond acceptors (Lipinski definition) is 7. The van der Waals surface area contributed by atoms with Crippen molar-refractivity contribution < 1.29 is 13.2 Å². The van der Waals surface area contributed by atoms with E-state index in [0.717, 1.165) is 16.7 Å². The third-order valence-electron chi connectivity index (χ3n) is 5.22. The fourth-order valence-electron chi connectivity index (χ4n) is 3.62. The van der Waals surface area contributed by atoms with Crippen molar-refractivity contribution in [2.45, 2.75) is 23.4 Å². The van der Waals surface area contributed by atoms with Crippen LogP contribution in [0.25, 0.3) is 16.6 Å². The first-order chi connectivity index (χ1) is 16.1. The monoisotopic (exact) mass is 459 g/mol. The van der Waals surface area contributed by atoms with E-state index in [2.05, 4.69) is 20.6 Å². The minimum absolute atomic E-state index is 0.145. The molecule has 33 heavy (non-hydrogen) atoms. The Hall–Kier alpha value is -3.98. The number of aromatic nitrogens is 4. The number of rotatable bonds is 7. The largest absolute Gasteiger partial charge is 0.494 e. The summed E-state index contributed by atoms with van der Waals surface area (Å²) in [4.78, 5) is 4.78. The van der Waals surface area contributed by atoms with Crippen molar-refractivity contribution in [3.05, 3.63) is 84.4 Å². The Morgan fingerprint density at radius 1 is 0.939 bits per heavy atom. The van der Waals surface area contributed by atoms with Gasteiger partial charge < -0.3 is 10.1 Å². The molecule has 5 rings (SSSR count). The Kier molecular flexibility index (Phi) is 5.39. The van der Waals surface area contributed by atoms with Crippen LogP contribution in [-0.2, 0) is 16.4 Å². The first-order valence-corrected chi connectivity index (χ1v) is 12.0. The average Bonchev–Trinajstić information content (AvgIpc) is 3.29. The lowest BCUT2D eigenvalue weighted by Crippen LogP contribution is -2.07. The number of para-hydroxylation sites is 1. The van der Waals surface area contributed by atoms with Crippen LogP contribution in [0.5, 0.6) is 5.75 Å². The molecule has 0 saturated carbocycles. The molecule has 0 aliphatic rings. The van der Waals surface area contributed by atoms with Gasteiger partial charge in [0.1, 0.15) is 11.6 Å². The molecule has 0 bridgehead atoms. The highest BCUT2D eigenvalue weighted by atomic mass is 32.2. The molecule has 2 heterocycles. The van der Waals surface area contributed by atoms with Crippen LogP contribution < -0.4 is 10.1 Å². The van der Waals surface area contributed by atoms with E-state index < -0.39 is 9.84 Å². The van der Waals surface area contributed by atoms with Crippen LogP contribution in [0.15, 0.2) is 88.8 Å². The Morgan fingerprint density at radius 3 is 2.42 bits per heavy atom. The summed E-state index contributed by atoms with van der Waals surface area (Å²) in [5.41, 5.74) is 1.92. The second kappa shape index (κ2) is 8.51. The van der Waals surface area contributed by atoms with Crippen molar-refractivity contribution in [3.8, 4) is 5.75 Å². The van der Waals surface area contributed by atoms with E-state index in [9.17, 15) is 8.42 Å². The molecule has 5 aromatic rings. The van der Waals surface area contributed by atoms with E-state index in [4.69, 9.17) is 4.74 Å². The van der Waals surface area contributed by atoms with E-state index in [1.807, 2.05) is 55.5 Å². The predicted molar refractivity (Wildman–Crippen MR) is 125 cm³/mol. The lowest BCUT2D eigenvalue weighted by Gasteiger charge is -2.11. The zero-order valence-electron chi connectivity index (χ0n) is 17.8. The van der Waals surface area contributed by atoms with Gasteiger partial charge in [0, 0.05) is 11.9 Å². The summed E-state index contributed by atoms with van der Waals surface area (Å²) in [5, 5.41) is 12.1. The molecular weight excluding hydrogens is 438 g/mol. The Bertz CT molecular complexity index is 1530. The molecule has 0 saturated heterocycles. The van der Waals surface area contributed by atoms with E-state index in [1.54, 1.807) is 18.2 Å². The topological polar surface area (TPSA) is 98.5 Å². The molecule has 0 aliphatic heterocycles. The maximum Gasteiger partial charge on any atom is 0.229 e. The van der Waals surface area contributed by atoms with Gasteiger partial charge in [0.05, 0.1) is 17.0 Å². The van der Waals surface area contributed by atoms with E-state index in [-0.39, 0.29) is 15.6 Å². The van der Waals surface area contributed by atoms with Crippen LogP contribution >= 0.6 is 0 Å². The van der Waals surface area contributed by atoms with Crippen molar-refractivity contribution in [1.82, 2.24) is 19.8 Å². The van der Waals surface area contributed by atoms with E-state index in [0.29, 0.717) is 24.5 Å². The van der Waals surface area contributed by atoms with Crippen molar-refractivity contribution in [1.29, 1.82) is 0 Å². The summed E-state index contributed by atoms with van der Waals surface area (Å²) in [6.45, 7) is 3.06. The van der Waals surface area contributed by atoms with Crippen LogP contribution in [0.3, 0.4) is 0 Å². The average molecular weight is 460 g/mol. The molecular formula is C24H21N5O3S. The number of nitrogens with one attached hydrogen (secondary N) is 1. The van der Waals surface area contributed by atoms with Crippen LogP contribution in [0, 0.1) is 0 Å². The van der Waals surface area contributed by atoms with Crippen molar-refractivity contribution in [3.63, 3.8) is 0 Å². The molecule has 0 radical (unpaired) electrons. The molecule has 3 aromatic carbocycles. The number of fused-ring (bicyclic) bond motifs is 3. The van der Waals surface area contributed by atoms with Crippen LogP contribution in [-0.4, -0.2) is 34.8 Å². The fraction of sp³-hybridized carbons (Fsp3) is 0.125. The minimum atomic E-state index is -3.88. The van der Waals surface area contributed by atoms with Gasteiger partial charge in [-0.15, -0.1) is 5.10 Å². The third-order valence-corrected chi connectivity index (χ3v) is 6.89.